The Morgan fingerprint density at radius 2 is 1.60 bits per heavy atom. The number of carbonyl (C=O) groups is 1. The van der Waals surface area contributed by atoms with Crippen LogP contribution in [0.1, 0.15) is 66.2 Å². The quantitative estimate of drug-likeness (QED) is 0.835. The Morgan fingerprint density at radius 3 is 2.20 bits per heavy atom. The smallest absolute Gasteiger partial charge is 0.407 e. The highest BCUT2D eigenvalue weighted by Gasteiger charge is 2.33. The lowest BCUT2D eigenvalue weighted by atomic mass is 10.0. The minimum Gasteiger partial charge on any atom is -0.444 e. The molecular formula is C16H30N2O2. The number of nitrogens with one attached hydrogen (secondary N) is 2. The maximum absolute atomic E-state index is 11.9. The normalized spacial score (nSPS) is 34.2. The molecule has 4 nitrogen and oxygen atoms in total. The summed E-state index contributed by atoms with van der Waals surface area (Å²) >= 11 is 0. The average molecular weight is 282 g/mol. The fourth-order valence-electron chi connectivity index (χ4n) is 3.46. The lowest BCUT2D eigenvalue weighted by Gasteiger charge is -2.28. The summed E-state index contributed by atoms with van der Waals surface area (Å²) in [6.07, 6.45) is 7.04. The van der Waals surface area contributed by atoms with Gasteiger partial charge in [-0.15, -0.1) is 0 Å². The molecule has 0 bridgehead atoms. The van der Waals surface area contributed by atoms with E-state index in [-0.39, 0.29) is 12.1 Å². The maximum Gasteiger partial charge on any atom is 0.407 e. The van der Waals surface area contributed by atoms with E-state index in [1.54, 1.807) is 0 Å². The highest BCUT2D eigenvalue weighted by Crippen LogP contribution is 2.28. The predicted molar refractivity (Wildman–Crippen MR) is 80.7 cm³/mol. The van der Waals surface area contributed by atoms with E-state index in [9.17, 15) is 4.79 Å². The molecule has 4 atom stereocenters. The van der Waals surface area contributed by atoms with Crippen molar-refractivity contribution < 1.29 is 9.53 Å². The van der Waals surface area contributed by atoms with Crippen molar-refractivity contribution in [2.45, 2.75) is 89.9 Å². The molecule has 116 valence electrons. The largest absolute Gasteiger partial charge is 0.444 e. The number of alkyl carbamates (subject to hydrolysis) is 1. The van der Waals surface area contributed by atoms with Gasteiger partial charge in [-0.2, -0.15) is 0 Å². The second kappa shape index (κ2) is 6.33. The zero-order valence-electron chi connectivity index (χ0n) is 13.4. The van der Waals surface area contributed by atoms with Crippen molar-refractivity contribution in [3.63, 3.8) is 0 Å². The minimum atomic E-state index is -0.425. The van der Waals surface area contributed by atoms with Crippen molar-refractivity contribution in [3.05, 3.63) is 0 Å². The van der Waals surface area contributed by atoms with Gasteiger partial charge in [0, 0.05) is 18.1 Å². The third-order valence-electron chi connectivity index (χ3n) is 4.51. The molecule has 2 fully saturated rings. The second-order valence-electron chi connectivity index (χ2n) is 7.47. The third-order valence-corrected chi connectivity index (χ3v) is 4.51. The molecule has 0 radical (unpaired) electrons. The van der Waals surface area contributed by atoms with E-state index in [0.29, 0.717) is 12.1 Å². The molecule has 0 aromatic heterocycles. The van der Waals surface area contributed by atoms with Gasteiger partial charge in [-0.3, -0.25) is 0 Å². The fourth-order valence-corrected chi connectivity index (χ4v) is 3.46. The van der Waals surface area contributed by atoms with E-state index in [2.05, 4.69) is 17.6 Å². The monoisotopic (exact) mass is 282 g/mol. The van der Waals surface area contributed by atoms with E-state index in [1.807, 2.05) is 20.8 Å². The third kappa shape index (κ3) is 4.37. The van der Waals surface area contributed by atoms with Gasteiger partial charge in [-0.1, -0.05) is 13.3 Å². The predicted octanol–water partition coefficient (Wildman–Crippen LogP) is 3.21. The number of rotatable bonds is 3. The Morgan fingerprint density at radius 1 is 1.00 bits per heavy atom. The molecule has 0 aromatic carbocycles. The Bertz CT molecular complexity index is 338. The van der Waals surface area contributed by atoms with Crippen LogP contribution in [0.2, 0.25) is 0 Å². The molecule has 0 heterocycles. The second-order valence-corrected chi connectivity index (χ2v) is 7.47. The van der Waals surface area contributed by atoms with Crippen LogP contribution in [0.5, 0.6) is 0 Å². The zero-order valence-corrected chi connectivity index (χ0v) is 13.4. The fraction of sp³-hybridized carbons (Fsp3) is 0.938. The van der Waals surface area contributed by atoms with Gasteiger partial charge in [-0.05, 0) is 58.8 Å². The number of ether oxygens (including phenoxy) is 1. The number of amides is 1. The van der Waals surface area contributed by atoms with E-state index >= 15 is 0 Å². The molecule has 0 aromatic rings. The van der Waals surface area contributed by atoms with Crippen LogP contribution in [-0.2, 0) is 4.74 Å². The minimum absolute atomic E-state index is 0.220. The lowest BCUT2D eigenvalue weighted by molar-refractivity contribution is 0.0496. The number of hydrogen-bond acceptors (Lipinski definition) is 3. The molecule has 2 saturated carbocycles. The van der Waals surface area contributed by atoms with Gasteiger partial charge in [0.15, 0.2) is 0 Å². The van der Waals surface area contributed by atoms with Gasteiger partial charge in [0.2, 0.25) is 0 Å². The lowest BCUT2D eigenvalue weighted by Crippen LogP contribution is -2.51. The molecule has 20 heavy (non-hydrogen) atoms. The Kier molecular flexibility index (Phi) is 4.95. The summed E-state index contributed by atoms with van der Waals surface area (Å²) in [5.41, 5.74) is -0.425. The first-order valence-electron chi connectivity index (χ1n) is 8.11. The van der Waals surface area contributed by atoms with Crippen LogP contribution in [0, 0.1) is 5.92 Å². The van der Waals surface area contributed by atoms with Gasteiger partial charge in [0.1, 0.15) is 5.60 Å². The molecule has 4 unspecified atom stereocenters. The standard InChI is InChI=1S/C16H30N2O2/c1-11-7-5-8-12(11)17-13-9-6-10-14(13)18-15(19)20-16(2,3)4/h11-14,17H,5-10H2,1-4H3,(H,18,19). The number of carbonyl (C=O) groups excluding carboxylic acids is 1. The average Bonchev–Trinajstić information content (AvgIpc) is 2.88. The summed E-state index contributed by atoms with van der Waals surface area (Å²) < 4.78 is 5.36. The summed E-state index contributed by atoms with van der Waals surface area (Å²) in [6.45, 7) is 8.03. The summed E-state index contributed by atoms with van der Waals surface area (Å²) in [6, 6.07) is 1.26. The molecule has 1 amide bonds. The first kappa shape index (κ1) is 15.6. The van der Waals surface area contributed by atoms with Crippen molar-refractivity contribution in [3.8, 4) is 0 Å². The highest BCUT2D eigenvalue weighted by molar-refractivity contribution is 5.68. The van der Waals surface area contributed by atoms with Gasteiger partial charge in [-0.25, -0.2) is 4.79 Å². The van der Waals surface area contributed by atoms with Gasteiger partial charge >= 0.3 is 6.09 Å². The van der Waals surface area contributed by atoms with Crippen LogP contribution in [0.15, 0.2) is 0 Å². The molecule has 2 N–H and O–H groups in total. The molecule has 2 aliphatic rings. The van der Waals surface area contributed by atoms with Crippen molar-refractivity contribution in [1.82, 2.24) is 10.6 Å². The van der Waals surface area contributed by atoms with Crippen LogP contribution >= 0.6 is 0 Å². The first-order chi connectivity index (χ1) is 9.35. The molecule has 0 spiro atoms. The van der Waals surface area contributed by atoms with Crippen LogP contribution < -0.4 is 10.6 Å². The van der Waals surface area contributed by atoms with Crippen LogP contribution in [0.4, 0.5) is 4.79 Å². The topological polar surface area (TPSA) is 50.4 Å². The van der Waals surface area contributed by atoms with E-state index in [0.717, 1.165) is 18.8 Å². The Balaban J connectivity index is 1.83. The van der Waals surface area contributed by atoms with Crippen molar-refractivity contribution in [2.75, 3.05) is 0 Å². The first-order valence-corrected chi connectivity index (χ1v) is 8.11. The number of hydrogen-bond donors (Lipinski definition) is 2. The van der Waals surface area contributed by atoms with E-state index in [1.165, 1.54) is 25.7 Å². The SMILES string of the molecule is CC1CCCC1NC1CCCC1NC(=O)OC(C)(C)C. The van der Waals surface area contributed by atoms with Crippen LogP contribution in [0.3, 0.4) is 0 Å². The molecule has 0 aliphatic heterocycles. The zero-order chi connectivity index (χ0) is 14.8. The van der Waals surface area contributed by atoms with E-state index in [4.69, 9.17) is 4.74 Å². The van der Waals surface area contributed by atoms with Crippen molar-refractivity contribution >= 4 is 6.09 Å². The molecule has 2 rings (SSSR count). The molecular weight excluding hydrogens is 252 g/mol. The van der Waals surface area contributed by atoms with Crippen LogP contribution in [0.25, 0.3) is 0 Å². The summed E-state index contributed by atoms with van der Waals surface area (Å²) in [7, 11) is 0. The van der Waals surface area contributed by atoms with Gasteiger partial charge in [0.25, 0.3) is 0 Å². The highest BCUT2D eigenvalue weighted by atomic mass is 16.6. The Labute approximate surface area is 123 Å². The van der Waals surface area contributed by atoms with Crippen LogP contribution in [-0.4, -0.2) is 29.8 Å². The van der Waals surface area contributed by atoms with Gasteiger partial charge < -0.3 is 15.4 Å². The maximum atomic E-state index is 11.9. The van der Waals surface area contributed by atoms with Crippen molar-refractivity contribution in [1.29, 1.82) is 0 Å². The molecule has 2 aliphatic carbocycles. The molecule has 0 saturated heterocycles. The van der Waals surface area contributed by atoms with E-state index < -0.39 is 5.60 Å². The summed E-state index contributed by atoms with van der Waals surface area (Å²) in [5, 5.41) is 6.83. The molecule has 4 heteroatoms. The summed E-state index contributed by atoms with van der Waals surface area (Å²) in [5.74, 6) is 0.762. The Hall–Kier alpha value is -0.770. The van der Waals surface area contributed by atoms with Gasteiger partial charge in [0.05, 0.1) is 0 Å². The summed E-state index contributed by atoms with van der Waals surface area (Å²) in [4.78, 5) is 11.9. The van der Waals surface area contributed by atoms with Crippen molar-refractivity contribution in [2.24, 2.45) is 5.92 Å².